The fraction of sp³-hybridized carbons (Fsp3) is 0.625. The highest BCUT2D eigenvalue weighted by atomic mass is 16.5. The van der Waals surface area contributed by atoms with Crippen molar-refractivity contribution in [3.63, 3.8) is 0 Å². The van der Waals surface area contributed by atoms with Gasteiger partial charge < -0.3 is 4.74 Å². The van der Waals surface area contributed by atoms with Gasteiger partial charge in [0.1, 0.15) is 0 Å². The molecule has 0 aromatic heterocycles. The van der Waals surface area contributed by atoms with Gasteiger partial charge in [-0.15, -0.1) is 0 Å². The molecule has 1 nitrogen and oxygen atoms in total. The Balaban J connectivity index is 2.60. The van der Waals surface area contributed by atoms with Gasteiger partial charge in [-0.05, 0) is 43.7 Å². The summed E-state index contributed by atoms with van der Waals surface area (Å²) in [6, 6.07) is 8.85. The molecule has 1 aromatic carbocycles. The Bertz CT molecular complexity index is 313. The predicted molar refractivity (Wildman–Crippen MR) is 74.2 cm³/mol. The van der Waals surface area contributed by atoms with Crippen LogP contribution in [-0.2, 0) is 11.2 Å². The molecular weight excluding hydrogens is 208 g/mol. The van der Waals surface area contributed by atoms with Gasteiger partial charge in [0.05, 0.1) is 12.2 Å². The number of hydrogen-bond acceptors (Lipinski definition) is 1. The minimum atomic E-state index is 0.193. The molecule has 0 aliphatic heterocycles. The minimum Gasteiger partial charge on any atom is -0.371 e. The first-order valence-electron chi connectivity index (χ1n) is 6.77. The smallest absolute Gasteiger partial charge is 0.0800 e. The first kappa shape index (κ1) is 14.2. The topological polar surface area (TPSA) is 9.23 Å². The van der Waals surface area contributed by atoms with Gasteiger partial charge in [0.25, 0.3) is 0 Å². The molecule has 0 saturated carbocycles. The third kappa shape index (κ3) is 4.91. The second-order valence-electron chi connectivity index (χ2n) is 5.34. The Morgan fingerprint density at radius 3 is 2.06 bits per heavy atom. The first-order valence-corrected chi connectivity index (χ1v) is 6.77. The summed E-state index contributed by atoms with van der Waals surface area (Å²) < 4.78 is 5.91. The van der Waals surface area contributed by atoms with Crippen LogP contribution in [0.5, 0.6) is 0 Å². The van der Waals surface area contributed by atoms with Crippen molar-refractivity contribution in [1.29, 1.82) is 0 Å². The summed E-state index contributed by atoms with van der Waals surface area (Å²) in [5, 5.41) is 0. The zero-order valence-corrected chi connectivity index (χ0v) is 11.9. The summed E-state index contributed by atoms with van der Waals surface area (Å²) in [7, 11) is 0. The highest BCUT2D eigenvalue weighted by molar-refractivity contribution is 5.24. The lowest BCUT2D eigenvalue weighted by atomic mass is 10.0. The number of hydrogen-bond donors (Lipinski definition) is 0. The summed E-state index contributed by atoms with van der Waals surface area (Å²) in [4.78, 5) is 0. The van der Waals surface area contributed by atoms with E-state index in [0.717, 1.165) is 18.8 Å². The highest BCUT2D eigenvalue weighted by Gasteiger charge is 2.09. The zero-order valence-electron chi connectivity index (χ0n) is 11.9. The van der Waals surface area contributed by atoms with Crippen LogP contribution in [0.4, 0.5) is 0 Å². The van der Waals surface area contributed by atoms with Crippen molar-refractivity contribution in [2.75, 3.05) is 0 Å². The molecule has 0 heterocycles. The molecule has 0 radical (unpaired) electrons. The summed E-state index contributed by atoms with van der Waals surface area (Å²) in [6.45, 7) is 10.9. The second-order valence-corrected chi connectivity index (χ2v) is 5.34. The number of ether oxygens (including phenoxy) is 1. The first-order chi connectivity index (χ1) is 8.02. The van der Waals surface area contributed by atoms with Crippen LogP contribution in [0.15, 0.2) is 24.3 Å². The van der Waals surface area contributed by atoms with Gasteiger partial charge in [-0.3, -0.25) is 0 Å². The number of rotatable bonds is 6. The fourth-order valence-electron chi connectivity index (χ4n) is 1.92. The van der Waals surface area contributed by atoms with Gasteiger partial charge in [0, 0.05) is 0 Å². The molecule has 1 heteroatoms. The molecule has 0 amide bonds. The molecule has 0 N–H and O–H groups in total. The molecular formula is C16H26O. The van der Waals surface area contributed by atoms with Crippen LogP contribution >= 0.6 is 0 Å². The Labute approximate surface area is 106 Å². The van der Waals surface area contributed by atoms with Gasteiger partial charge in [-0.2, -0.15) is 0 Å². The Morgan fingerprint density at radius 2 is 1.59 bits per heavy atom. The summed E-state index contributed by atoms with van der Waals surface area (Å²) in [5.41, 5.74) is 2.69. The largest absolute Gasteiger partial charge is 0.371 e. The van der Waals surface area contributed by atoms with E-state index in [1.165, 1.54) is 11.1 Å². The molecule has 96 valence electrons. The van der Waals surface area contributed by atoms with E-state index in [2.05, 4.69) is 58.9 Å². The molecule has 2 atom stereocenters. The summed E-state index contributed by atoms with van der Waals surface area (Å²) in [6.07, 6.45) is 2.75. The maximum Gasteiger partial charge on any atom is 0.0800 e. The SMILES string of the molecule is CC[C@H](C)OC(C)c1ccc(CC(C)C)cc1. The van der Waals surface area contributed by atoms with Crippen LogP contribution in [0.3, 0.4) is 0 Å². The van der Waals surface area contributed by atoms with Crippen molar-refractivity contribution in [3.8, 4) is 0 Å². The maximum absolute atomic E-state index is 5.91. The second kappa shape index (κ2) is 6.80. The van der Waals surface area contributed by atoms with Crippen molar-refractivity contribution in [2.24, 2.45) is 5.92 Å². The van der Waals surface area contributed by atoms with E-state index >= 15 is 0 Å². The lowest BCUT2D eigenvalue weighted by molar-refractivity contribution is 0.00547. The van der Waals surface area contributed by atoms with Crippen molar-refractivity contribution in [1.82, 2.24) is 0 Å². The van der Waals surface area contributed by atoms with Crippen LogP contribution in [0, 0.1) is 5.92 Å². The maximum atomic E-state index is 5.91. The van der Waals surface area contributed by atoms with Crippen molar-refractivity contribution >= 4 is 0 Å². The molecule has 0 fully saturated rings. The molecule has 0 aliphatic carbocycles. The minimum absolute atomic E-state index is 0.193. The van der Waals surface area contributed by atoms with Crippen LogP contribution in [0.25, 0.3) is 0 Å². The lowest BCUT2D eigenvalue weighted by Gasteiger charge is -2.18. The molecule has 0 spiro atoms. The van der Waals surface area contributed by atoms with Gasteiger partial charge >= 0.3 is 0 Å². The predicted octanol–water partition coefficient (Wildman–Crippen LogP) is 4.76. The van der Waals surface area contributed by atoms with Gasteiger partial charge in [0.2, 0.25) is 0 Å². The van der Waals surface area contributed by atoms with E-state index in [9.17, 15) is 0 Å². The molecule has 0 bridgehead atoms. The Morgan fingerprint density at radius 1 is 1.00 bits per heavy atom. The molecule has 1 aromatic rings. The van der Waals surface area contributed by atoms with E-state index in [4.69, 9.17) is 4.74 Å². The lowest BCUT2D eigenvalue weighted by Crippen LogP contribution is -2.10. The van der Waals surface area contributed by atoms with Crippen LogP contribution < -0.4 is 0 Å². The van der Waals surface area contributed by atoms with E-state index in [1.807, 2.05) is 0 Å². The monoisotopic (exact) mass is 234 g/mol. The zero-order chi connectivity index (χ0) is 12.8. The summed E-state index contributed by atoms with van der Waals surface area (Å²) in [5.74, 6) is 0.717. The quantitative estimate of drug-likeness (QED) is 0.689. The summed E-state index contributed by atoms with van der Waals surface area (Å²) >= 11 is 0. The van der Waals surface area contributed by atoms with Crippen LogP contribution in [-0.4, -0.2) is 6.10 Å². The van der Waals surface area contributed by atoms with Gasteiger partial charge in [-0.1, -0.05) is 45.0 Å². The molecule has 1 rings (SSSR count). The highest BCUT2D eigenvalue weighted by Crippen LogP contribution is 2.20. The van der Waals surface area contributed by atoms with E-state index in [1.54, 1.807) is 0 Å². The molecule has 17 heavy (non-hydrogen) atoms. The average Bonchev–Trinajstić information content (AvgIpc) is 2.28. The van der Waals surface area contributed by atoms with E-state index < -0.39 is 0 Å². The third-order valence-corrected chi connectivity index (χ3v) is 3.10. The van der Waals surface area contributed by atoms with Crippen molar-refractivity contribution in [3.05, 3.63) is 35.4 Å². The third-order valence-electron chi connectivity index (χ3n) is 3.10. The Kier molecular flexibility index (Phi) is 5.70. The van der Waals surface area contributed by atoms with Gasteiger partial charge in [-0.25, -0.2) is 0 Å². The van der Waals surface area contributed by atoms with Crippen LogP contribution in [0.2, 0.25) is 0 Å². The average molecular weight is 234 g/mol. The standard InChI is InChI=1S/C16H26O/c1-6-13(4)17-14(5)16-9-7-15(8-10-16)11-12(2)3/h7-10,12-14H,6,11H2,1-5H3/t13-,14?/m0/s1. The van der Waals surface area contributed by atoms with Gasteiger partial charge in [0.15, 0.2) is 0 Å². The molecule has 1 unspecified atom stereocenters. The van der Waals surface area contributed by atoms with E-state index in [-0.39, 0.29) is 6.10 Å². The van der Waals surface area contributed by atoms with Crippen LogP contribution in [0.1, 0.15) is 58.3 Å². The fourth-order valence-corrected chi connectivity index (χ4v) is 1.92. The normalized spacial score (nSPS) is 14.9. The van der Waals surface area contributed by atoms with Crippen molar-refractivity contribution < 1.29 is 4.74 Å². The number of benzene rings is 1. The van der Waals surface area contributed by atoms with Crippen molar-refractivity contribution in [2.45, 2.75) is 59.7 Å². The molecule has 0 saturated heterocycles. The Hall–Kier alpha value is -0.820. The molecule has 0 aliphatic rings. The van der Waals surface area contributed by atoms with E-state index in [0.29, 0.717) is 6.10 Å².